The van der Waals surface area contributed by atoms with Gasteiger partial charge in [0.05, 0.1) is 37.2 Å². The summed E-state index contributed by atoms with van der Waals surface area (Å²) in [6.45, 7) is 2.90. The normalized spacial score (nSPS) is 15.9. The van der Waals surface area contributed by atoms with Gasteiger partial charge in [0.1, 0.15) is 11.6 Å². The first-order valence-corrected chi connectivity index (χ1v) is 12.2. The minimum Gasteiger partial charge on any atom is -0.488 e. The monoisotopic (exact) mass is 489 g/mol. The van der Waals surface area contributed by atoms with E-state index in [1.807, 2.05) is 4.90 Å². The maximum Gasteiger partial charge on any atom is 0.238 e. The number of anilines is 1. The highest BCUT2D eigenvalue weighted by atomic mass is 19.1. The van der Waals surface area contributed by atoms with Gasteiger partial charge in [-0.1, -0.05) is 18.2 Å². The summed E-state index contributed by atoms with van der Waals surface area (Å²) in [5, 5.41) is 2.93. The maximum absolute atomic E-state index is 14.0. The summed E-state index contributed by atoms with van der Waals surface area (Å²) in [6.07, 6.45) is 3.85. The third kappa shape index (κ3) is 6.13. The number of carbonyl (C=O) groups is 2. The number of Topliss-reactive ketones (excluding diaryl/α,β-unsaturated/α-hetero) is 1. The van der Waals surface area contributed by atoms with E-state index in [0.29, 0.717) is 54.6 Å². The molecule has 36 heavy (non-hydrogen) atoms. The zero-order chi connectivity index (χ0) is 24.9. The minimum atomic E-state index is -0.342. The number of nitrogens with zero attached hydrogens (tertiary/aromatic N) is 2. The van der Waals surface area contributed by atoms with Gasteiger partial charge in [0.2, 0.25) is 5.91 Å². The zero-order valence-corrected chi connectivity index (χ0v) is 19.9. The second kappa shape index (κ2) is 11.0. The Bertz CT molecular complexity index is 1240. The van der Waals surface area contributed by atoms with E-state index in [0.717, 1.165) is 18.4 Å². The smallest absolute Gasteiger partial charge is 0.238 e. The highest BCUT2D eigenvalue weighted by Gasteiger charge is 2.25. The zero-order valence-electron chi connectivity index (χ0n) is 19.9. The molecule has 1 saturated heterocycles. The van der Waals surface area contributed by atoms with E-state index >= 15 is 0 Å². The van der Waals surface area contributed by atoms with Crippen LogP contribution in [-0.2, 0) is 16.0 Å². The van der Waals surface area contributed by atoms with E-state index in [2.05, 4.69) is 10.3 Å². The number of pyridine rings is 1. The van der Waals surface area contributed by atoms with E-state index < -0.39 is 0 Å². The van der Waals surface area contributed by atoms with Gasteiger partial charge in [0.25, 0.3) is 0 Å². The van der Waals surface area contributed by atoms with Gasteiger partial charge in [-0.3, -0.25) is 19.5 Å². The van der Waals surface area contributed by atoms with Crippen LogP contribution in [0, 0.1) is 5.82 Å². The summed E-state index contributed by atoms with van der Waals surface area (Å²) in [4.78, 5) is 32.1. The Morgan fingerprint density at radius 2 is 1.89 bits per heavy atom. The van der Waals surface area contributed by atoms with Crippen molar-refractivity contribution >= 4 is 17.4 Å². The van der Waals surface area contributed by atoms with Crippen LogP contribution in [0.1, 0.15) is 28.8 Å². The van der Waals surface area contributed by atoms with Gasteiger partial charge in [-0.05, 0) is 54.8 Å². The van der Waals surface area contributed by atoms with Crippen LogP contribution in [0.25, 0.3) is 11.3 Å². The van der Waals surface area contributed by atoms with Crippen molar-refractivity contribution in [2.75, 3.05) is 38.2 Å². The molecule has 0 spiro atoms. The number of amides is 1. The molecular weight excluding hydrogens is 461 g/mol. The molecule has 7 nitrogen and oxygen atoms in total. The first-order valence-electron chi connectivity index (χ1n) is 12.2. The number of morpholine rings is 1. The molecule has 186 valence electrons. The summed E-state index contributed by atoms with van der Waals surface area (Å²) in [5.74, 6) is -0.0435. The summed E-state index contributed by atoms with van der Waals surface area (Å²) < 4.78 is 25.3. The van der Waals surface area contributed by atoms with E-state index in [-0.39, 0.29) is 36.6 Å². The van der Waals surface area contributed by atoms with Crippen molar-refractivity contribution in [2.24, 2.45) is 0 Å². The number of hydrogen-bond acceptors (Lipinski definition) is 6. The van der Waals surface area contributed by atoms with Crippen LogP contribution in [0.3, 0.4) is 0 Å². The lowest BCUT2D eigenvalue weighted by Crippen LogP contribution is -2.41. The Morgan fingerprint density at radius 1 is 1.08 bits per heavy atom. The molecule has 1 amide bonds. The molecule has 1 aliphatic carbocycles. The van der Waals surface area contributed by atoms with Crippen molar-refractivity contribution in [3.63, 3.8) is 0 Å². The molecule has 1 saturated carbocycles. The Hall–Kier alpha value is -3.62. The summed E-state index contributed by atoms with van der Waals surface area (Å²) in [7, 11) is 0. The van der Waals surface area contributed by atoms with Gasteiger partial charge in [-0.15, -0.1) is 0 Å². The average molecular weight is 490 g/mol. The first kappa shape index (κ1) is 24.1. The van der Waals surface area contributed by atoms with Crippen molar-refractivity contribution in [1.29, 1.82) is 0 Å². The summed E-state index contributed by atoms with van der Waals surface area (Å²) >= 11 is 0. The fourth-order valence-electron chi connectivity index (χ4n) is 4.07. The standard InChI is InChI=1S/C28H28FN3O4/c29-23-4-2-1-3-22(23)24-9-5-19(17-30-24)15-26(33)20-6-10-27(36-21-7-8-21)25(16-20)31-28(34)18-32-11-13-35-14-12-32/h1-6,9-10,16-17,21H,7-8,11-15,18H2,(H,31,34). The minimum absolute atomic E-state index is 0.114. The molecule has 2 fully saturated rings. The number of nitrogens with one attached hydrogen (secondary N) is 1. The maximum atomic E-state index is 14.0. The van der Waals surface area contributed by atoms with Crippen molar-refractivity contribution < 1.29 is 23.5 Å². The van der Waals surface area contributed by atoms with Gasteiger partial charge in [-0.2, -0.15) is 0 Å². The molecule has 5 rings (SSSR count). The molecule has 1 aliphatic heterocycles. The number of benzene rings is 2. The van der Waals surface area contributed by atoms with Gasteiger partial charge in [0.15, 0.2) is 5.78 Å². The predicted octanol–water partition coefficient (Wildman–Crippen LogP) is 4.13. The predicted molar refractivity (Wildman–Crippen MR) is 134 cm³/mol. The number of aromatic nitrogens is 1. The molecule has 1 N–H and O–H groups in total. The summed E-state index contributed by atoms with van der Waals surface area (Å²) in [5.41, 5.74) is 2.61. The van der Waals surface area contributed by atoms with Crippen LogP contribution in [0.5, 0.6) is 5.75 Å². The molecule has 8 heteroatoms. The molecule has 0 radical (unpaired) electrons. The quantitative estimate of drug-likeness (QED) is 0.456. The second-order valence-corrected chi connectivity index (χ2v) is 9.10. The highest BCUT2D eigenvalue weighted by Crippen LogP contribution is 2.33. The fraction of sp³-hybridized carbons (Fsp3) is 0.321. The summed E-state index contributed by atoms with van der Waals surface area (Å²) in [6, 6.07) is 15.1. The highest BCUT2D eigenvalue weighted by molar-refractivity contribution is 6.00. The Morgan fingerprint density at radius 3 is 2.61 bits per heavy atom. The lowest BCUT2D eigenvalue weighted by atomic mass is 10.0. The average Bonchev–Trinajstić information content (AvgIpc) is 3.71. The van der Waals surface area contributed by atoms with Gasteiger partial charge >= 0.3 is 0 Å². The van der Waals surface area contributed by atoms with E-state index in [1.54, 1.807) is 54.7 Å². The molecule has 0 bridgehead atoms. The molecule has 3 aromatic rings. The second-order valence-electron chi connectivity index (χ2n) is 9.10. The van der Waals surface area contributed by atoms with E-state index in [9.17, 15) is 14.0 Å². The fourth-order valence-corrected chi connectivity index (χ4v) is 4.07. The van der Waals surface area contributed by atoms with Crippen LogP contribution < -0.4 is 10.1 Å². The molecule has 2 aromatic carbocycles. The topological polar surface area (TPSA) is 80.8 Å². The Kier molecular flexibility index (Phi) is 7.34. The third-order valence-electron chi connectivity index (χ3n) is 6.20. The molecule has 1 aromatic heterocycles. The number of halogens is 1. The number of hydrogen-bond donors (Lipinski definition) is 1. The number of carbonyl (C=O) groups excluding carboxylic acids is 2. The van der Waals surface area contributed by atoms with E-state index in [4.69, 9.17) is 9.47 Å². The van der Waals surface area contributed by atoms with Crippen LogP contribution in [0.4, 0.5) is 10.1 Å². The molecule has 2 aliphatic rings. The molecule has 0 unspecified atom stereocenters. The lowest BCUT2D eigenvalue weighted by Gasteiger charge is -2.26. The van der Waals surface area contributed by atoms with E-state index in [1.165, 1.54) is 6.07 Å². The van der Waals surface area contributed by atoms with Crippen LogP contribution in [0.15, 0.2) is 60.8 Å². The van der Waals surface area contributed by atoms with Crippen LogP contribution in [0.2, 0.25) is 0 Å². The van der Waals surface area contributed by atoms with Crippen molar-refractivity contribution in [3.05, 3.63) is 77.7 Å². The van der Waals surface area contributed by atoms with Crippen molar-refractivity contribution in [3.8, 4) is 17.0 Å². The van der Waals surface area contributed by atoms with Gasteiger partial charge in [0, 0.05) is 36.8 Å². The number of ketones is 1. The van der Waals surface area contributed by atoms with Crippen LogP contribution in [-0.4, -0.2) is 60.5 Å². The molecular formula is C28H28FN3O4. The largest absolute Gasteiger partial charge is 0.488 e. The SMILES string of the molecule is O=C(CN1CCOCC1)Nc1cc(C(=O)Cc2ccc(-c3ccccc3F)nc2)ccc1OC1CC1. The van der Waals surface area contributed by atoms with Gasteiger partial charge in [-0.25, -0.2) is 4.39 Å². The third-order valence-corrected chi connectivity index (χ3v) is 6.20. The molecule has 2 heterocycles. The Balaban J connectivity index is 1.28. The molecule has 0 atom stereocenters. The van der Waals surface area contributed by atoms with Crippen LogP contribution >= 0.6 is 0 Å². The number of rotatable bonds is 9. The Labute approximate surface area is 209 Å². The van der Waals surface area contributed by atoms with Crippen molar-refractivity contribution in [2.45, 2.75) is 25.4 Å². The van der Waals surface area contributed by atoms with Crippen molar-refractivity contribution in [1.82, 2.24) is 9.88 Å². The number of ether oxygens (including phenoxy) is 2. The first-order chi connectivity index (χ1) is 17.5. The lowest BCUT2D eigenvalue weighted by molar-refractivity contribution is -0.118. The van der Waals surface area contributed by atoms with Gasteiger partial charge < -0.3 is 14.8 Å².